The van der Waals surface area contributed by atoms with Gasteiger partial charge in [0.05, 0.1) is 6.04 Å². The molecule has 0 bridgehead atoms. The van der Waals surface area contributed by atoms with Crippen molar-refractivity contribution < 1.29 is 4.79 Å². The molecule has 0 radical (unpaired) electrons. The smallest absolute Gasteiger partial charge is 0.315 e. The topological polar surface area (TPSA) is 59.0 Å². The van der Waals surface area contributed by atoms with Crippen molar-refractivity contribution in [3.63, 3.8) is 0 Å². The van der Waals surface area contributed by atoms with E-state index in [1.54, 1.807) is 6.20 Å². The van der Waals surface area contributed by atoms with E-state index >= 15 is 0 Å². The van der Waals surface area contributed by atoms with Crippen LogP contribution in [-0.2, 0) is 13.0 Å². The maximum absolute atomic E-state index is 12.2. The van der Waals surface area contributed by atoms with Gasteiger partial charge < -0.3 is 15.2 Å². The number of nitrogens with zero attached hydrogens (tertiary/aromatic N) is 2. The zero-order valence-corrected chi connectivity index (χ0v) is 16.8. The van der Waals surface area contributed by atoms with Crippen LogP contribution in [0.5, 0.6) is 0 Å². The Morgan fingerprint density at radius 1 is 1.15 bits per heavy atom. The van der Waals surface area contributed by atoms with Crippen LogP contribution in [0, 0.1) is 0 Å². The van der Waals surface area contributed by atoms with Crippen molar-refractivity contribution in [1.82, 2.24) is 20.2 Å². The number of rotatable bonds is 7. The van der Waals surface area contributed by atoms with E-state index in [0.29, 0.717) is 13.0 Å². The van der Waals surface area contributed by atoms with E-state index < -0.39 is 0 Å². The number of amides is 2. The minimum absolute atomic E-state index is 0.0827. The van der Waals surface area contributed by atoms with Gasteiger partial charge in [0, 0.05) is 36.4 Å². The lowest BCUT2D eigenvalue weighted by Crippen LogP contribution is -2.38. The van der Waals surface area contributed by atoms with Gasteiger partial charge in [0.1, 0.15) is 5.82 Å². The minimum atomic E-state index is -0.181. The molecule has 2 amide bonds. The second kappa shape index (κ2) is 9.37. The lowest BCUT2D eigenvalue weighted by atomic mass is 10.1. The number of carbonyl (C=O) groups is 1. The number of imidazole rings is 1. The van der Waals surface area contributed by atoms with Gasteiger partial charge >= 0.3 is 6.03 Å². The van der Waals surface area contributed by atoms with Crippen molar-refractivity contribution in [1.29, 1.82) is 0 Å². The summed E-state index contributed by atoms with van der Waals surface area (Å²) in [6.45, 7) is 3.27. The Bertz CT molecular complexity index is 879. The van der Waals surface area contributed by atoms with Gasteiger partial charge in [0.25, 0.3) is 0 Å². The first-order valence-electron chi connectivity index (χ1n) is 8.96. The average Bonchev–Trinajstić information content (AvgIpc) is 3.10. The molecular formula is C21H23BrN4O. The molecule has 0 fully saturated rings. The quantitative estimate of drug-likeness (QED) is 0.591. The summed E-state index contributed by atoms with van der Waals surface area (Å²) in [7, 11) is 0. The van der Waals surface area contributed by atoms with Crippen molar-refractivity contribution in [3.05, 3.63) is 88.4 Å². The van der Waals surface area contributed by atoms with Crippen molar-refractivity contribution in [3.8, 4) is 0 Å². The zero-order chi connectivity index (χ0) is 19.1. The van der Waals surface area contributed by atoms with Crippen LogP contribution in [0.25, 0.3) is 0 Å². The molecule has 5 nitrogen and oxygen atoms in total. The normalized spacial score (nSPS) is 11.8. The predicted molar refractivity (Wildman–Crippen MR) is 111 cm³/mol. The lowest BCUT2D eigenvalue weighted by molar-refractivity contribution is 0.238. The van der Waals surface area contributed by atoms with Gasteiger partial charge in [-0.15, -0.1) is 0 Å². The van der Waals surface area contributed by atoms with Gasteiger partial charge in [-0.05, 0) is 24.1 Å². The number of urea groups is 1. The summed E-state index contributed by atoms with van der Waals surface area (Å²) in [5.41, 5.74) is 2.27. The highest BCUT2D eigenvalue weighted by atomic mass is 79.9. The fraction of sp³-hybridized carbons (Fsp3) is 0.238. The largest absolute Gasteiger partial charge is 0.338 e. The summed E-state index contributed by atoms with van der Waals surface area (Å²) >= 11 is 3.52. The van der Waals surface area contributed by atoms with E-state index in [-0.39, 0.29) is 12.1 Å². The second-order valence-electron chi connectivity index (χ2n) is 6.35. The molecule has 0 aliphatic heterocycles. The van der Waals surface area contributed by atoms with Crippen molar-refractivity contribution >= 4 is 22.0 Å². The van der Waals surface area contributed by atoms with Crippen LogP contribution in [0.2, 0.25) is 0 Å². The van der Waals surface area contributed by atoms with Gasteiger partial charge in [0.2, 0.25) is 0 Å². The van der Waals surface area contributed by atoms with Gasteiger partial charge in [-0.3, -0.25) is 0 Å². The van der Waals surface area contributed by atoms with Crippen LogP contribution < -0.4 is 10.6 Å². The number of aromatic nitrogens is 2. The minimum Gasteiger partial charge on any atom is -0.338 e. The maximum Gasteiger partial charge on any atom is 0.315 e. The molecule has 0 aliphatic carbocycles. The summed E-state index contributed by atoms with van der Waals surface area (Å²) < 4.78 is 3.10. The molecule has 3 rings (SSSR count). The molecule has 3 aromatic rings. The van der Waals surface area contributed by atoms with Crippen LogP contribution in [0.4, 0.5) is 4.79 Å². The highest BCUT2D eigenvalue weighted by molar-refractivity contribution is 9.10. The Kier molecular flexibility index (Phi) is 6.65. The van der Waals surface area contributed by atoms with E-state index in [0.717, 1.165) is 22.4 Å². The molecule has 0 aliphatic rings. The van der Waals surface area contributed by atoms with Crippen molar-refractivity contribution in [2.45, 2.75) is 25.9 Å². The number of benzene rings is 2. The Hall–Kier alpha value is -2.60. The van der Waals surface area contributed by atoms with E-state index in [2.05, 4.69) is 48.2 Å². The highest BCUT2D eigenvalue weighted by Gasteiger charge is 2.12. The summed E-state index contributed by atoms with van der Waals surface area (Å²) in [5.74, 6) is 0.956. The Labute approximate surface area is 168 Å². The zero-order valence-electron chi connectivity index (χ0n) is 15.2. The molecule has 1 heterocycles. The molecule has 27 heavy (non-hydrogen) atoms. The van der Waals surface area contributed by atoms with E-state index in [1.165, 1.54) is 5.56 Å². The van der Waals surface area contributed by atoms with Crippen LogP contribution >= 0.6 is 15.9 Å². The molecular weight excluding hydrogens is 404 g/mol. The summed E-state index contributed by atoms with van der Waals surface area (Å²) in [6.07, 6.45) is 4.45. The fourth-order valence-corrected chi connectivity index (χ4v) is 3.56. The van der Waals surface area contributed by atoms with E-state index in [9.17, 15) is 4.79 Å². The Morgan fingerprint density at radius 2 is 1.89 bits per heavy atom. The van der Waals surface area contributed by atoms with Crippen molar-refractivity contribution in [2.24, 2.45) is 0 Å². The molecule has 2 aromatic carbocycles. The Morgan fingerprint density at radius 3 is 2.67 bits per heavy atom. The molecule has 1 aromatic heterocycles. The number of hydrogen-bond donors (Lipinski definition) is 2. The van der Waals surface area contributed by atoms with Gasteiger partial charge in [-0.25, -0.2) is 9.78 Å². The lowest BCUT2D eigenvalue weighted by Gasteiger charge is -2.16. The molecule has 0 spiro atoms. The highest BCUT2D eigenvalue weighted by Crippen LogP contribution is 2.22. The van der Waals surface area contributed by atoms with Gasteiger partial charge in [0.15, 0.2) is 0 Å². The third-order valence-electron chi connectivity index (χ3n) is 4.35. The fourth-order valence-electron chi connectivity index (χ4n) is 2.93. The van der Waals surface area contributed by atoms with Crippen LogP contribution in [0.3, 0.4) is 0 Å². The first-order valence-corrected chi connectivity index (χ1v) is 9.75. The third-order valence-corrected chi connectivity index (χ3v) is 5.07. The monoisotopic (exact) mass is 426 g/mol. The molecule has 0 saturated heterocycles. The first kappa shape index (κ1) is 19.2. The van der Waals surface area contributed by atoms with Gasteiger partial charge in [-0.2, -0.15) is 0 Å². The van der Waals surface area contributed by atoms with Gasteiger partial charge in [-0.1, -0.05) is 64.5 Å². The molecule has 2 N–H and O–H groups in total. The number of carbonyl (C=O) groups excluding carboxylic acids is 1. The molecule has 6 heteroatoms. The average molecular weight is 427 g/mol. The van der Waals surface area contributed by atoms with Crippen LogP contribution in [-0.4, -0.2) is 22.1 Å². The third kappa shape index (κ3) is 5.44. The molecule has 1 atom stereocenters. The van der Waals surface area contributed by atoms with Crippen LogP contribution in [0.1, 0.15) is 29.9 Å². The SMILES string of the molecule is CC(NC(=O)NCCc1nccn1Cc1ccccc1)c1ccccc1Br. The Balaban J connectivity index is 1.48. The molecule has 0 saturated carbocycles. The standard InChI is InChI=1S/C21H23BrN4O/c1-16(18-9-5-6-10-19(18)22)25-21(27)24-12-11-20-23-13-14-26(20)15-17-7-3-2-4-8-17/h2-10,13-14,16H,11-12,15H2,1H3,(H2,24,25,27). The van der Waals surface area contributed by atoms with E-state index in [1.807, 2.05) is 55.6 Å². The first-order chi connectivity index (χ1) is 13.1. The molecule has 1 unspecified atom stereocenters. The van der Waals surface area contributed by atoms with E-state index in [4.69, 9.17) is 0 Å². The maximum atomic E-state index is 12.2. The van der Waals surface area contributed by atoms with Crippen LogP contribution in [0.15, 0.2) is 71.5 Å². The number of hydrogen-bond acceptors (Lipinski definition) is 2. The summed E-state index contributed by atoms with van der Waals surface area (Å²) in [6, 6.07) is 17.9. The van der Waals surface area contributed by atoms with Crippen molar-refractivity contribution in [2.75, 3.05) is 6.54 Å². The number of nitrogens with one attached hydrogen (secondary N) is 2. The second-order valence-corrected chi connectivity index (χ2v) is 7.20. The summed E-state index contributed by atoms with van der Waals surface area (Å²) in [5, 5.41) is 5.88. The summed E-state index contributed by atoms with van der Waals surface area (Å²) in [4.78, 5) is 16.6. The molecule has 140 valence electrons. The predicted octanol–water partition coefficient (Wildman–Crippen LogP) is 4.30. The number of halogens is 1.